The number of halogens is 1. The van der Waals surface area contributed by atoms with Crippen molar-refractivity contribution in [2.45, 2.75) is 44.4 Å². The summed E-state index contributed by atoms with van der Waals surface area (Å²) in [5.74, 6) is 0.604. The summed E-state index contributed by atoms with van der Waals surface area (Å²) < 4.78 is 1.07. The van der Waals surface area contributed by atoms with E-state index < -0.39 is 0 Å². The van der Waals surface area contributed by atoms with Crippen molar-refractivity contribution in [2.75, 3.05) is 13.1 Å². The smallest absolute Gasteiger partial charge is 0.224 e. The van der Waals surface area contributed by atoms with Crippen molar-refractivity contribution < 1.29 is 9.90 Å². The molecule has 2 aliphatic rings. The lowest BCUT2D eigenvalue weighted by Gasteiger charge is -2.29. The van der Waals surface area contributed by atoms with E-state index in [4.69, 9.17) is 0 Å². The Kier molecular flexibility index (Phi) is 6.14. The van der Waals surface area contributed by atoms with Gasteiger partial charge in [0.25, 0.3) is 0 Å². The molecule has 2 atom stereocenters. The molecule has 4 nitrogen and oxygen atoms in total. The Morgan fingerprint density at radius 1 is 1.11 bits per heavy atom. The normalized spacial score (nSPS) is 22.8. The number of hydrogen-bond donors (Lipinski definition) is 2. The average Bonchev–Trinajstić information content (AvgIpc) is 3.50. The molecule has 0 bridgehead atoms. The van der Waals surface area contributed by atoms with Crippen molar-refractivity contribution in [3.05, 3.63) is 69.7 Å². The summed E-state index contributed by atoms with van der Waals surface area (Å²) in [6, 6.07) is 16.8. The molecule has 28 heavy (non-hydrogen) atoms. The lowest BCUT2D eigenvalue weighted by Crippen LogP contribution is -2.35. The molecular weight excluding hydrogens is 416 g/mol. The van der Waals surface area contributed by atoms with Gasteiger partial charge in [-0.25, -0.2) is 0 Å². The number of likely N-dealkylation sites (tertiary alicyclic amines) is 1. The van der Waals surface area contributed by atoms with Crippen molar-refractivity contribution in [1.82, 2.24) is 10.2 Å². The van der Waals surface area contributed by atoms with Crippen molar-refractivity contribution in [2.24, 2.45) is 5.92 Å². The van der Waals surface area contributed by atoms with Gasteiger partial charge in [0.1, 0.15) is 0 Å². The lowest BCUT2D eigenvalue weighted by molar-refractivity contribution is -0.122. The molecule has 5 heteroatoms. The van der Waals surface area contributed by atoms with Gasteiger partial charge in [0.15, 0.2) is 0 Å². The number of carbonyl (C=O) groups excluding carboxylic acids is 1. The van der Waals surface area contributed by atoms with Gasteiger partial charge < -0.3 is 10.4 Å². The fourth-order valence-corrected chi connectivity index (χ4v) is 4.43. The van der Waals surface area contributed by atoms with E-state index in [1.54, 1.807) is 0 Å². The summed E-state index contributed by atoms with van der Waals surface area (Å²) in [4.78, 5) is 14.8. The van der Waals surface area contributed by atoms with Crippen LogP contribution >= 0.6 is 15.9 Å². The van der Waals surface area contributed by atoms with Crippen LogP contribution in [0.5, 0.6) is 0 Å². The number of rotatable bonds is 6. The Balaban J connectivity index is 1.23. The maximum absolute atomic E-state index is 12.5. The molecule has 1 amide bonds. The minimum Gasteiger partial charge on any atom is -0.393 e. The van der Waals surface area contributed by atoms with E-state index in [0.29, 0.717) is 12.5 Å². The first kappa shape index (κ1) is 19.6. The lowest BCUT2D eigenvalue weighted by atomic mass is 10.1. The molecule has 1 saturated heterocycles. The summed E-state index contributed by atoms with van der Waals surface area (Å²) in [5.41, 5.74) is 3.65. The standard InChI is InChI=1S/C23H27BrN2O2/c24-19-3-1-2-18(12-19)21-13-22(21)23(28)25-14-16-4-6-17(7-5-16)15-26-10-8-20(27)9-11-26/h1-7,12,20-22,27H,8-11,13-15H2,(H,25,28). The molecule has 0 radical (unpaired) electrons. The maximum atomic E-state index is 12.5. The van der Waals surface area contributed by atoms with Crippen molar-refractivity contribution in [3.63, 3.8) is 0 Å². The maximum Gasteiger partial charge on any atom is 0.224 e. The van der Waals surface area contributed by atoms with E-state index in [0.717, 1.165) is 48.9 Å². The zero-order valence-corrected chi connectivity index (χ0v) is 17.6. The van der Waals surface area contributed by atoms with Crippen LogP contribution in [-0.2, 0) is 17.9 Å². The highest BCUT2D eigenvalue weighted by Crippen LogP contribution is 2.47. The first-order valence-corrected chi connectivity index (χ1v) is 10.9. The third kappa shape index (κ3) is 5.02. The Labute approximate surface area is 175 Å². The fourth-order valence-electron chi connectivity index (χ4n) is 4.01. The number of aliphatic hydroxyl groups is 1. The number of amides is 1. The molecule has 1 heterocycles. The minimum absolute atomic E-state index is 0.100. The monoisotopic (exact) mass is 442 g/mol. The van der Waals surface area contributed by atoms with Crippen LogP contribution in [0.1, 0.15) is 41.9 Å². The molecule has 2 N–H and O–H groups in total. The number of nitrogens with one attached hydrogen (secondary N) is 1. The number of aliphatic hydroxyl groups excluding tert-OH is 1. The highest BCUT2D eigenvalue weighted by atomic mass is 79.9. The molecule has 2 aromatic rings. The predicted molar refractivity (Wildman–Crippen MR) is 114 cm³/mol. The van der Waals surface area contributed by atoms with Crippen molar-refractivity contribution in [3.8, 4) is 0 Å². The van der Waals surface area contributed by atoms with Gasteiger partial charge in [-0.2, -0.15) is 0 Å². The predicted octanol–water partition coefficient (Wildman–Crippen LogP) is 3.83. The topological polar surface area (TPSA) is 52.6 Å². The van der Waals surface area contributed by atoms with Gasteiger partial charge in [0, 0.05) is 36.6 Å². The summed E-state index contributed by atoms with van der Waals surface area (Å²) in [5, 5.41) is 12.7. The molecule has 4 rings (SSSR count). The van der Waals surface area contributed by atoms with E-state index in [9.17, 15) is 9.90 Å². The second-order valence-corrected chi connectivity index (χ2v) is 8.96. The molecule has 1 saturated carbocycles. The van der Waals surface area contributed by atoms with Gasteiger partial charge in [-0.15, -0.1) is 0 Å². The van der Waals surface area contributed by atoms with E-state index in [1.165, 1.54) is 11.1 Å². The first-order chi connectivity index (χ1) is 13.6. The zero-order valence-electron chi connectivity index (χ0n) is 16.0. The number of nitrogens with zero attached hydrogens (tertiary/aromatic N) is 1. The van der Waals surface area contributed by atoms with Crippen LogP contribution < -0.4 is 5.32 Å². The number of piperidine rings is 1. The van der Waals surface area contributed by atoms with E-state index in [2.05, 4.69) is 62.5 Å². The summed E-state index contributed by atoms with van der Waals surface area (Å²) in [7, 11) is 0. The Morgan fingerprint density at radius 2 is 1.82 bits per heavy atom. The largest absolute Gasteiger partial charge is 0.393 e. The third-order valence-electron chi connectivity index (χ3n) is 5.86. The van der Waals surface area contributed by atoms with Gasteiger partial charge in [0.2, 0.25) is 5.91 Å². The van der Waals surface area contributed by atoms with E-state index in [1.807, 2.05) is 12.1 Å². The fraction of sp³-hybridized carbons (Fsp3) is 0.435. The zero-order chi connectivity index (χ0) is 19.5. The number of benzene rings is 2. The second kappa shape index (κ2) is 8.76. The SMILES string of the molecule is O=C(NCc1ccc(CN2CCC(O)CC2)cc1)C1CC1c1cccc(Br)c1. The molecule has 1 aliphatic heterocycles. The Morgan fingerprint density at radius 3 is 2.54 bits per heavy atom. The molecule has 2 fully saturated rings. The second-order valence-electron chi connectivity index (χ2n) is 8.05. The highest BCUT2D eigenvalue weighted by Gasteiger charge is 2.43. The number of carbonyl (C=O) groups is 1. The van der Waals surface area contributed by atoms with E-state index >= 15 is 0 Å². The minimum atomic E-state index is -0.128. The molecule has 148 valence electrons. The molecule has 2 unspecified atom stereocenters. The first-order valence-electron chi connectivity index (χ1n) is 10.1. The van der Waals surface area contributed by atoms with Gasteiger partial charge in [-0.05, 0) is 54.0 Å². The summed E-state index contributed by atoms with van der Waals surface area (Å²) in [6.07, 6.45) is 2.54. The van der Waals surface area contributed by atoms with Gasteiger partial charge in [-0.1, -0.05) is 52.3 Å². The van der Waals surface area contributed by atoms with Crippen LogP contribution in [-0.4, -0.2) is 35.1 Å². The molecule has 1 aliphatic carbocycles. The van der Waals surface area contributed by atoms with Gasteiger partial charge in [0.05, 0.1) is 6.10 Å². The molecule has 0 aromatic heterocycles. The van der Waals surface area contributed by atoms with Gasteiger partial charge in [-0.3, -0.25) is 9.69 Å². The molecular formula is C23H27BrN2O2. The number of hydrogen-bond acceptors (Lipinski definition) is 3. The highest BCUT2D eigenvalue weighted by molar-refractivity contribution is 9.10. The Hall–Kier alpha value is -1.69. The van der Waals surface area contributed by atoms with Crippen LogP contribution in [0.3, 0.4) is 0 Å². The van der Waals surface area contributed by atoms with Crippen molar-refractivity contribution >= 4 is 21.8 Å². The van der Waals surface area contributed by atoms with Crippen LogP contribution in [0, 0.1) is 5.92 Å². The van der Waals surface area contributed by atoms with Crippen LogP contribution in [0.25, 0.3) is 0 Å². The average molecular weight is 443 g/mol. The van der Waals surface area contributed by atoms with Crippen molar-refractivity contribution in [1.29, 1.82) is 0 Å². The van der Waals surface area contributed by atoms with Crippen LogP contribution in [0.15, 0.2) is 53.0 Å². The summed E-state index contributed by atoms with van der Waals surface area (Å²) in [6.45, 7) is 3.42. The molecule has 0 spiro atoms. The molecule has 2 aromatic carbocycles. The quantitative estimate of drug-likeness (QED) is 0.714. The van der Waals surface area contributed by atoms with E-state index in [-0.39, 0.29) is 17.9 Å². The summed E-state index contributed by atoms with van der Waals surface area (Å²) >= 11 is 3.50. The Bertz CT molecular complexity index is 816. The van der Waals surface area contributed by atoms with Gasteiger partial charge >= 0.3 is 0 Å². The van der Waals surface area contributed by atoms with Crippen LogP contribution in [0.2, 0.25) is 0 Å². The third-order valence-corrected chi connectivity index (χ3v) is 6.35. The van der Waals surface area contributed by atoms with Crippen LogP contribution in [0.4, 0.5) is 0 Å².